The monoisotopic (exact) mass is 439 g/mol. The first-order valence-corrected chi connectivity index (χ1v) is 11.0. The van der Waals surface area contributed by atoms with Crippen molar-refractivity contribution < 1.29 is 9.18 Å². The average Bonchev–Trinajstić information content (AvgIpc) is 3.17. The van der Waals surface area contributed by atoms with Crippen molar-refractivity contribution >= 4 is 34.3 Å². The Balaban J connectivity index is 1.72. The summed E-state index contributed by atoms with van der Waals surface area (Å²) < 4.78 is 16.5. The maximum Gasteiger partial charge on any atom is 0.262 e. The van der Waals surface area contributed by atoms with E-state index in [1.807, 2.05) is 30.4 Å². The van der Waals surface area contributed by atoms with Crippen molar-refractivity contribution in [1.29, 1.82) is 0 Å². The summed E-state index contributed by atoms with van der Waals surface area (Å²) in [6, 6.07) is 13.6. The number of benzene rings is 2. The molecular weight excluding hydrogens is 417 g/mol. The summed E-state index contributed by atoms with van der Waals surface area (Å²) in [5.41, 5.74) is 1.45. The van der Waals surface area contributed by atoms with Crippen molar-refractivity contribution in [2.75, 3.05) is 0 Å². The molecule has 0 saturated heterocycles. The van der Waals surface area contributed by atoms with Crippen molar-refractivity contribution in [3.63, 3.8) is 0 Å². The minimum atomic E-state index is -0.279. The summed E-state index contributed by atoms with van der Waals surface area (Å²) in [6.07, 6.45) is 0.164. The number of carbonyl (C=O) groups excluding carboxylic acids is 1. The Kier molecular flexibility index (Phi) is 6.03. The van der Waals surface area contributed by atoms with Crippen LogP contribution in [0.3, 0.4) is 0 Å². The van der Waals surface area contributed by atoms with Gasteiger partial charge in [0.25, 0.3) is 5.56 Å². The molecule has 31 heavy (non-hydrogen) atoms. The molecule has 0 aliphatic rings. The fourth-order valence-corrected chi connectivity index (χ4v) is 4.26. The van der Waals surface area contributed by atoms with Gasteiger partial charge in [0.1, 0.15) is 5.82 Å². The Hall–Kier alpha value is -3.20. The zero-order valence-corrected chi connectivity index (χ0v) is 18.0. The molecule has 2 aromatic carbocycles. The Morgan fingerprint density at radius 3 is 2.61 bits per heavy atom. The van der Waals surface area contributed by atoms with Gasteiger partial charge in [-0.05, 0) is 43.7 Å². The Bertz CT molecular complexity index is 1300. The lowest BCUT2D eigenvalue weighted by atomic mass is 10.2. The van der Waals surface area contributed by atoms with E-state index in [0.717, 1.165) is 5.56 Å². The predicted octanol–water partition coefficient (Wildman–Crippen LogP) is 3.39. The topological polar surface area (TPSA) is 81.3 Å². The largest absolute Gasteiger partial charge is 0.354 e. The summed E-state index contributed by atoms with van der Waals surface area (Å²) in [4.78, 5) is 25.2. The van der Waals surface area contributed by atoms with E-state index >= 15 is 0 Å². The molecule has 7 nitrogen and oxygen atoms in total. The van der Waals surface area contributed by atoms with Crippen LogP contribution in [0.15, 0.2) is 58.5 Å². The highest BCUT2D eigenvalue weighted by atomic mass is 32.2. The minimum absolute atomic E-state index is 0.0309. The highest BCUT2D eigenvalue weighted by molar-refractivity contribution is 7.98. The average molecular weight is 440 g/mol. The number of nitrogens with zero attached hydrogens (tertiary/aromatic N) is 4. The van der Waals surface area contributed by atoms with Crippen LogP contribution in [0.4, 0.5) is 4.39 Å². The van der Waals surface area contributed by atoms with Crippen LogP contribution in [0, 0.1) is 5.82 Å². The Morgan fingerprint density at radius 2 is 1.87 bits per heavy atom. The van der Waals surface area contributed by atoms with Gasteiger partial charge < -0.3 is 5.32 Å². The van der Waals surface area contributed by atoms with Crippen LogP contribution in [0.25, 0.3) is 16.7 Å². The third-order valence-electron chi connectivity index (χ3n) is 4.77. The van der Waals surface area contributed by atoms with E-state index in [1.54, 1.807) is 24.3 Å². The van der Waals surface area contributed by atoms with Crippen molar-refractivity contribution in [3.8, 4) is 0 Å². The molecule has 9 heteroatoms. The second-order valence-corrected chi connectivity index (χ2v) is 8.42. The number of carbonyl (C=O) groups is 1. The first-order chi connectivity index (χ1) is 14.9. The number of para-hydroxylation sites is 1. The summed E-state index contributed by atoms with van der Waals surface area (Å²) in [6.45, 7) is 3.98. The van der Waals surface area contributed by atoms with E-state index in [4.69, 9.17) is 0 Å². The molecule has 4 aromatic rings. The molecule has 0 aliphatic carbocycles. The number of rotatable bonds is 7. The number of thioether (sulfide) groups is 1. The number of fused-ring (bicyclic) bond motifs is 3. The van der Waals surface area contributed by atoms with Gasteiger partial charge in [-0.3, -0.25) is 18.6 Å². The normalized spacial score (nSPS) is 11.5. The first kappa shape index (κ1) is 21.0. The van der Waals surface area contributed by atoms with Gasteiger partial charge in [0.05, 0.1) is 10.9 Å². The van der Waals surface area contributed by atoms with E-state index in [9.17, 15) is 14.0 Å². The van der Waals surface area contributed by atoms with E-state index in [0.29, 0.717) is 27.6 Å². The molecule has 2 heterocycles. The summed E-state index contributed by atoms with van der Waals surface area (Å²) >= 11 is 1.45. The molecule has 0 unspecified atom stereocenters. The molecule has 2 aromatic heterocycles. The number of aryl methyl sites for hydroxylation is 1. The van der Waals surface area contributed by atoms with Crippen molar-refractivity contribution in [1.82, 2.24) is 24.5 Å². The maximum absolute atomic E-state index is 13.2. The van der Waals surface area contributed by atoms with Crippen LogP contribution in [-0.4, -0.2) is 31.1 Å². The number of halogens is 1. The van der Waals surface area contributed by atoms with Gasteiger partial charge in [0.2, 0.25) is 11.7 Å². The SMILES string of the molecule is CC(C)NC(=O)CCn1c(=O)c2ccccc2n2c(SCc3ccc(F)cc3)nnc12. The second kappa shape index (κ2) is 8.89. The Morgan fingerprint density at radius 1 is 1.13 bits per heavy atom. The quantitative estimate of drug-likeness (QED) is 0.447. The Labute approximate surface area is 182 Å². The zero-order chi connectivity index (χ0) is 22.0. The van der Waals surface area contributed by atoms with Gasteiger partial charge in [0, 0.05) is 24.8 Å². The van der Waals surface area contributed by atoms with Gasteiger partial charge >= 0.3 is 0 Å². The van der Waals surface area contributed by atoms with Gasteiger partial charge in [-0.25, -0.2) is 4.39 Å². The van der Waals surface area contributed by atoms with Crippen molar-refractivity contribution in [2.24, 2.45) is 0 Å². The summed E-state index contributed by atoms with van der Waals surface area (Å²) in [7, 11) is 0. The number of nitrogens with one attached hydrogen (secondary N) is 1. The molecule has 1 amide bonds. The highest BCUT2D eigenvalue weighted by Gasteiger charge is 2.17. The smallest absolute Gasteiger partial charge is 0.262 e. The second-order valence-electron chi connectivity index (χ2n) is 7.48. The summed E-state index contributed by atoms with van der Waals surface area (Å²) in [5, 5.41) is 12.5. The minimum Gasteiger partial charge on any atom is -0.354 e. The molecule has 4 rings (SSSR count). The zero-order valence-electron chi connectivity index (χ0n) is 17.2. The lowest BCUT2D eigenvalue weighted by molar-refractivity contribution is -0.121. The fourth-order valence-electron chi connectivity index (χ4n) is 3.36. The molecule has 1 N–H and O–H groups in total. The lowest BCUT2D eigenvalue weighted by Crippen LogP contribution is -2.32. The lowest BCUT2D eigenvalue weighted by Gasteiger charge is -2.12. The standard InChI is InChI=1S/C22H22FN5O2S/c1-14(2)24-19(29)11-12-27-20(30)17-5-3-4-6-18(17)28-21(27)25-26-22(28)31-13-15-7-9-16(23)10-8-15/h3-10,14H,11-13H2,1-2H3,(H,24,29). The van der Waals surface area contributed by atoms with Crippen LogP contribution in [0.2, 0.25) is 0 Å². The fraction of sp³-hybridized carbons (Fsp3) is 0.273. The van der Waals surface area contributed by atoms with Crippen LogP contribution in [-0.2, 0) is 17.1 Å². The first-order valence-electron chi connectivity index (χ1n) is 9.97. The van der Waals surface area contributed by atoms with E-state index in [1.165, 1.54) is 28.5 Å². The van der Waals surface area contributed by atoms with Gasteiger partial charge in [-0.2, -0.15) is 0 Å². The number of hydrogen-bond donors (Lipinski definition) is 1. The van der Waals surface area contributed by atoms with Crippen LogP contribution in [0.5, 0.6) is 0 Å². The van der Waals surface area contributed by atoms with Crippen molar-refractivity contribution in [3.05, 3.63) is 70.3 Å². The summed E-state index contributed by atoms with van der Waals surface area (Å²) in [5.74, 6) is 0.560. The molecule has 0 saturated carbocycles. The molecule has 0 radical (unpaired) electrons. The third-order valence-corrected chi connectivity index (χ3v) is 5.77. The molecule has 0 aliphatic heterocycles. The predicted molar refractivity (Wildman–Crippen MR) is 119 cm³/mol. The number of amides is 1. The number of aromatic nitrogens is 4. The molecule has 0 atom stereocenters. The molecule has 160 valence electrons. The third kappa shape index (κ3) is 4.46. The molecular formula is C22H22FN5O2S. The van der Waals surface area contributed by atoms with Gasteiger partial charge in [-0.15, -0.1) is 10.2 Å². The van der Waals surface area contributed by atoms with Crippen LogP contribution >= 0.6 is 11.8 Å². The molecule has 0 bridgehead atoms. The number of hydrogen-bond acceptors (Lipinski definition) is 5. The van der Waals surface area contributed by atoms with E-state index in [-0.39, 0.29) is 36.3 Å². The van der Waals surface area contributed by atoms with Gasteiger partial charge in [0.15, 0.2) is 5.16 Å². The van der Waals surface area contributed by atoms with Crippen LogP contribution in [0.1, 0.15) is 25.8 Å². The van der Waals surface area contributed by atoms with E-state index < -0.39 is 0 Å². The van der Waals surface area contributed by atoms with Gasteiger partial charge in [-0.1, -0.05) is 36.0 Å². The van der Waals surface area contributed by atoms with E-state index in [2.05, 4.69) is 15.5 Å². The highest BCUT2D eigenvalue weighted by Crippen LogP contribution is 2.24. The van der Waals surface area contributed by atoms with Crippen molar-refractivity contribution in [2.45, 2.75) is 43.8 Å². The molecule has 0 fully saturated rings. The maximum atomic E-state index is 13.2. The van der Waals surface area contributed by atoms with Crippen LogP contribution < -0.4 is 10.9 Å². The molecule has 0 spiro atoms.